The maximum Gasteiger partial charge on any atom is 0.408 e. The van der Waals surface area contributed by atoms with Crippen LogP contribution in [0.3, 0.4) is 0 Å². The highest BCUT2D eigenvalue weighted by molar-refractivity contribution is 5.87. The number of hydrogen-bond donors (Lipinski definition) is 2. The Morgan fingerprint density at radius 2 is 1.97 bits per heavy atom. The van der Waals surface area contributed by atoms with Crippen molar-refractivity contribution in [3.63, 3.8) is 0 Å². The zero-order valence-electron chi connectivity index (χ0n) is 20.5. The molecule has 0 radical (unpaired) electrons. The number of para-hydroxylation sites is 1. The molecule has 0 saturated carbocycles. The van der Waals surface area contributed by atoms with Crippen LogP contribution in [-0.2, 0) is 28.9 Å². The number of aromatic amines is 1. The van der Waals surface area contributed by atoms with Gasteiger partial charge in [-0.2, -0.15) is 0 Å². The molecule has 0 bridgehead atoms. The average molecular weight is 489 g/mol. The van der Waals surface area contributed by atoms with Crippen molar-refractivity contribution in [2.75, 3.05) is 0 Å². The highest BCUT2D eigenvalue weighted by Crippen LogP contribution is 2.22. The van der Waals surface area contributed by atoms with E-state index in [9.17, 15) is 14.4 Å². The zero-order valence-corrected chi connectivity index (χ0v) is 20.5. The van der Waals surface area contributed by atoms with Crippen LogP contribution in [0.25, 0.3) is 21.8 Å². The van der Waals surface area contributed by atoms with E-state index in [-0.39, 0.29) is 17.7 Å². The molecule has 2 aromatic heterocycles. The molecular weight excluding hydrogens is 460 g/mol. The first-order valence-corrected chi connectivity index (χ1v) is 12.0. The molecule has 9 nitrogen and oxygen atoms in total. The third-order valence-electron chi connectivity index (χ3n) is 6.08. The SMILES string of the molecule is CC(C)(C)OC(=O)NC(Cc1c[nH]c2ccccc12)C(=O)Oc1ccc2nc3n(c(=O)c2c1)CCC3. The third kappa shape index (κ3) is 4.82. The summed E-state index contributed by atoms with van der Waals surface area (Å²) in [6.45, 7) is 5.88. The van der Waals surface area contributed by atoms with Crippen LogP contribution in [0, 0.1) is 0 Å². The number of esters is 1. The lowest BCUT2D eigenvalue weighted by Crippen LogP contribution is -2.46. The fraction of sp³-hybridized carbons (Fsp3) is 0.333. The van der Waals surface area contributed by atoms with Gasteiger partial charge in [-0.3, -0.25) is 9.36 Å². The first-order chi connectivity index (χ1) is 17.2. The zero-order chi connectivity index (χ0) is 25.4. The smallest absolute Gasteiger partial charge is 0.408 e. The van der Waals surface area contributed by atoms with Gasteiger partial charge < -0.3 is 19.8 Å². The lowest BCUT2D eigenvalue weighted by Gasteiger charge is -2.23. The molecule has 0 fully saturated rings. The number of fused-ring (bicyclic) bond motifs is 3. The van der Waals surface area contributed by atoms with Crippen LogP contribution in [0.15, 0.2) is 53.5 Å². The van der Waals surface area contributed by atoms with Crippen LogP contribution < -0.4 is 15.6 Å². The van der Waals surface area contributed by atoms with Gasteiger partial charge in [-0.1, -0.05) is 18.2 Å². The molecule has 1 atom stereocenters. The van der Waals surface area contributed by atoms with E-state index in [4.69, 9.17) is 9.47 Å². The molecule has 5 rings (SSSR count). The summed E-state index contributed by atoms with van der Waals surface area (Å²) in [6, 6.07) is 11.5. The van der Waals surface area contributed by atoms with Crippen molar-refractivity contribution in [3.8, 4) is 5.75 Å². The van der Waals surface area contributed by atoms with E-state index in [1.165, 1.54) is 6.07 Å². The molecule has 9 heteroatoms. The molecular formula is C27H28N4O5. The van der Waals surface area contributed by atoms with Gasteiger partial charge in [-0.05, 0) is 57.0 Å². The minimum Gasteiger partial charge on any atom is -0.444 e. The van der Waals surface area contributed by atoms with Gasteiger partial charge in [0, 0.05) is 36.5 Å². The highest BCUT2D eigenvalue weighted by Gasteiger charge is 2.27. The van der Waals surface area contributed by atoms with Crippen molar-refractivity contribution in [3.05, 3.63) is 70.4 Å². The number of aryl methyl sites for hydroxylation is 1. The molecule has 186 valence electrons. The Balaban J connectivity index is 1.42. The van der Waals surface area contributed by atoms with Crippen molar-refractivity contribution in [1.29, 1.82) is 0 Å². The summed E-state index contributed by atoms with van der Waals surface area (Å²) in [7, 11) is 0. The number of nitrogens with zero attached hydrogens (tertiary/aromatic N) is 2. The van der Waals surface area contributed by atoms with E-state index in [0.29, 0.717) is 17.4 Å². The Morgan fingerprint density at radius 1 is 1.17 bits per heavy atom. The monoisotopic (exact) mass is 488 g/mol. The number of nitrogens with one attached hydrogen (secondary N) is 2. The second-order valence-corrected chi connectivity index (χ2v) is 9.95. The molecule has 36 heavy (non-hydrogen) atoms. The van der Waals surface area contributed by atoms with E-state index in [0.717, 1.165) is 35.1 Å². The molecule has 3 heterocycles. The van der Waals surface area contributed by atoms with E-state index in [1.807, 2.05) is 30.5 Å². The van der Waals surface area contributed by atoms with Gasteiger partial charge in [-0.15, -0.1) is 0 Å². The number of alkyl carbamates (subject to hydrolysis) is 1. The molecule has 1 aliphatic heterocycles. The van der Waals surface area contributed by atoms with Crippen molar-refractivity contribution >= 4 is 33.9 Å². The van der Waals surface area contributed by atoms with Gasteiger partial charge in [-0.25, -0.2) is 14.6 Å². The molecule has 0 spiro atoms. The summed E-state index contributed by atoms with van der Waals surface area (Å²) < 4.78 is 12.7. The molecule has 1 unspecified atom stereocenters. The number of aromatic nitrogens is 3. The van der Waals surface area contributed by atoms with E-state index in [1.54, 1.807) is 37.5 Å². The summed E-state index contributed by atoms with van der Waals surface area (Å²) >= 11 is 0. The number of carbonyl (C=O) groups is 2. The number of rotatable bonds is 5. The average Bonchev–Trinajstić information content (AvgIpc) is 3.45. The molecule has 2 N–H and O–H groups in total. The van der Waals surface area contributed by atoms with Crippen LogP contribution in [-0.4, -0.2) is 38.2 Å². The number of carbonyl (C=O) groups excluding carboxylic acids is 2. The number of amides is 1. The summed E-state index contributed by atoms with van der Waals surface area (Å²) in [4.78, 5) is 46.5. The van der Waals surface area contributed by atoms with Gasteiger partial charge in [0.2, 0.25) is 0 Å². The number of H-pyrrole nitrogens is 1. The van der Waals surface area contributed by atoms with Crippen LogP contribution in [0.2, 0.25) is 0 Å². The molecule has 4 aromatic rings. The highest BCUT2D eigenvalue weighted by atomic mass is 16.6. The Kier molecular flexibility index (Phi) is 5.99. The Hall–Kier alpha value is -4.14. The van der Waals surface area contributed by atoms with Crippen LogP contribution in [0.4, 0.5) is 4.79 Å². The van der Waals surface area contributed by atoms with E-state index < -0.39 is 23.7 Å². The summed E-state index contributed by atoms with van der Waals surface area (Å²) in [5.41, 5.74) is 1.46. The quantitative estimate of drug-likeness (QED) is 0.326. The predicted octanol–water partition coefficient (Wildman–Crippen LogP) is 3.87. The second kappa shape index (κ2) is 9.14. The molecule has 0 saturated heterocycles. The minimum atomic E-state index is -1.02. The maximum atomic E-state index is 13.3. The first kappa shape index (κ1) is 23.6. The summed E-state index contributed by atoms with van der Waals surface area (Å²) in [5, 5.41) is 3.98. The second-order valence-electron chi connectivity index (χ2n) is 9.95. The van der Waals surface area contributed by atoms with Crippen LogP contribution in [0.1, 0.15) is 38.6 Å². The van der Waals surface area contributed by atoms with E-state index in [2.05, 4.69) is 15.3 Å². The largest absolute Gasteiger partial charge is 0.444 e. The number of benzene rings is 2. The van der Waals surface area contributed by atoms with Gasteiger partial charge >= 0.3 is 12.1 Å². The van der Waals surface area contributed by atoms with Gasteiger partial charge in [0.05, 0.1) is 10.9 Å². The van der Waals surface area contributed by atoms with E-state index >= 15 is 0 Å². The lowest BCUT2D eigenvalue weighted by atomic mass is 10.1. The van der Waals surface area contributed by atoms with Crippen molar-refractivity contribution in [2.24, 2.45) is 0 Å². The normalized spacial score (nSPS) is 14.0. The predicted molar refractivity (Wildman–Crippen MR) is 135 cm³/mol. The Bertz CT molecular complexity index is 1530. The molecule has 0 aliphatic carbocycles. The molecule has 1 amide bonds. The lowest BCUT2D eigenvalue weighted by molar-refractivity contribution is -0.136. The van der Waals surface area contributed by atoms with Gasteiger partial charge in [0.25, 0.3) is 5.56 Å². The maximum absolute atomic E-state index is 13.3. The first-order valence-electron chi connectivity index (χ1n) is 12.0. The minimum absolute atomic E-state index is 0.146. The summed E-state index contributed by atoms with van der Waals surface area (Å²) in [5.74, 6) is 0.317. The van der Waals surface area contributed by atoms with Crippen LogP contribution >= 0.6 is 0 Å². The third-order valence-corrected chi connectivity index (χ3v) is 6.08. The summed E-state index contributed by atoms with van der Waals surface area (Å²) in [6.07, 6.45) is 2.93. The van der Waals surface area contributed by atoms with Crippen LogP contribution in [0.5, 0.6) is 5.75 Å². The van der Waals surface area contributed by atoms with Gasteiger partial charge in [0.15, 0.2) is 0 Å². The number of hydrogen-bond acceptors (Lipinski definition) is 6. The van der Waals surface area contributed by atoms with Gasteiger partial charge in [0.1, 0.15) is 23.2 Å². The fourth-order valence-electron chi connectivity index (χ4n) is 4.48. The topological polar surface area (TPSA) is 115 Å². The van der Waals surface area contributed by atoms with Crippen molar-refractivity contribution in [2.45, 2.75) is 58.2 Å². The standard InChI is InChI=1S/C27H28N4O5/c1-27(2,3)36-26(34)30-22(13-16-15-28-20-8-5-4-7-18(16)20)25(33)35-17-10-11-21-19(14-17)24(32)31-12-6-9-23(31)29-21/h4-5,7-8,10-11,14-15,22,28H,6,9,12-13H2,1-3H3,(H,30,34). The van der Waals surface area contributed by atoms with Crippen molar-refractivity contribution in [1.82, 2.24) is 19.9 Å². The fourth-order valence-corrected chi connectivity index (χ4v) is 4.48. The molecule has 1 aliphatic rings. The number of ether oxygens (including phenoxy) is 2. The Morgan fingerprint density at radius 3 is 2.78 bits per heavy atom. The van der Waals surface area contributed by atoms with Crippen molar-refractivity contribution < 1.29 is 19.1 Å². The Labute approximate surface area is 207 Å². The molecule has 2 aromatic carbocycles.